The van der Waals surface area contributed by atoms with Crippen molar-refractivity contribution in [2.75, 3.05) is 11.9 Å². The van der Waals surface area contributed by atoms with E-state index in [1.165, 1.54) is 5.56 Å². The summed E-state index contributed by atoms with van der Waals surface area (Å²) < 4.78 is 0. The van der Waals surface area contributed by atoms with Crippen LogP contribution in [0.15, 0.2) is 42.6 Å². The normalized spacial score (nSPS) is 10.1. The number of pyridine rings is 1. The molecular weight excluding hydrogens is 196 g/mol. The van der Waals surface area contributed by atoms with Gasteiger partial charge in [-0.15, -0.1) is 0 Å². The molecule has 0 saturated carbocycles. The first-order valence-electron chi connectivity index (χ1n) is 5.56. The van der Waals surface area contributed by atoms with E-state index < -0.39 is 0 Å². The van der Waals surface area contributed by atoms with Crippen LogP contribution in [0.3, 0.4) is 0 Å². The predicted octanol–water partition coefficient (Wildman–Crippen LogP) is 3.49. The Morgan fingerprint density at radius 2 is 2.00 bits per heavy atom. The van der Waals surface area contributed by atoms with Gasteiger partial charge in [0, 0.05) is 29.7 Å². The van der Waals surface area contributed by atoms with Crippen LogP contribution in [0.5, 0.6) is 0 Å². The molecule has 0 atom stereocenters. The number of benzene rings is 1. The maximum Gasteiger partial charge on any atom is 0.0373 e. The van der Waals surface area contributed by atoms with Crippen LogP contribution in [0, 0.1) is 6.92 Å². The van der Waals surface area contributed by atoms with Gasteiger partial charge in [0.1, 0.15) is 0 Å². The van der Waals surface area contributed by atoms with Gasteiger partial charge in [-0.3, -0.25) is 4.98 Å². The summed E-state index contributed by atoms with van der Waals surface area (Å²) in [7, 11) is 0. The first-order valence-corrected chi connectivity index (χ1v) is 5.56. The monoisotopic (exact) mass is 212 g/mol. The third-order valence-corrected chi connectivity index (χ3v) is 2.49. The Hall–Kier alpha value is -1.83. The van der Waals surface area contributed by atoms with Gasteiger partial charge in [0.2, 0.25) is 0 Å². The summed E-state index contributed by atoms with van der Waals surface area (Å²) >= 11 is 0. The molecule has 2 heteroatoms. The van der Waals surface area contributed by atoms with Crippen LogP contribution < -0.4 is 5.32 Å². The molecule has 16 heavy (non-hydrogen) atoms. The van der Waals surface area contributed by atoms with Crippen molar-refractivity contribution in [3.05, 3.63) is 48.3 Å². The van der Waals surface area contributed by atoms with Gasteiger partial charge in [0.15, 0.2) is 0 Å². The Bertz CT molecular complexity index is 460. The minimum atomic E-state index is 0.940. The van der Waals surface area contributed by atoms with Crippen LogP contribution in [0.1, 0.15) is 12.6 Å². The van der Waals surface area contributed by atoms with E-state index in [1.54, 1.807) is 0 Å². The largest absolute Gasteiger partial charge is 0.385 e. The number of nitrogens with zero attached hydrogens (tertiary/aromatic N) is 1. The van der Waals surface area contributed by atoms with E-state index in [9.17, 15) is 0 Å². The molecule has 0 saturated heterocycles. The second-order valence-electron chi connectivity index (χ2n) is 3.80. The molecule has 1 N–H and O–H groups in total. The molecule has 0 aliphatic carbocycles. The molecule has 0 aliphatic rings. The van der Waals surface area contributed by atoms with Crippen LogP contribution in [-0.2, 0) is 0 Å². The van der Waals surface area contributed by atoms with E-state index in [-0.39, 0.29) is 0 Å². The maximum absolute atomic E-state index is 4.31. The molecule has 0 fully saturated rings. The van der Waals surface area contributed by atoms with Crippen LogP contribution in [0.25, 0.3) is 11.1 Å². The summed E-state index contributed by atoms with van der Waals surface area (Å²) in [5, 5.41) is 3.31. The molecule has 0 amide bonds. The molecule has 2 nitrogen and oxygen atoms in total. The quantitative estimate of drug-likeness (QED) is 0.842. The van der Waals surface area contributed by atoms with Gasteiger partial charge >= 0.3 is 0 Å². The first kappa shape index (κ1) is 10.7. The van der Waals surface area contributed by atoms with Gasteiger partial charge < -0.3 is 5.32 Å². The third-order valence-electron chi connectivity index (χ3n) is 2.49. The standard InChI is InChI=1S/C14H16N2/c1-3-15-14-6-4-5-12(9-14)13-8-7-11(2)16-10-13/h4-10,15H,3H2,1-2H3. The Morgan fingerprint density at radius 3 is 2.69 bits per heavy atom. The van der Waals surface area contributed by atoms with Crippen molar-refractivity contribution in [1.29, 1.82) is 0 Å². The number of aryl methyl sites for hydroxylation is 1. The fourth-order valence-corrected chi connectivity index (χ4v) is 1.65. The zero-order chi connectivity index (χ0) is 11.4. The fourth-order valence-electron chi connectivity index (χ4n) is 1.65. The molecule has 1 aromatic heterocycles. The highest BCUT2D eigenvalue weighted by atomic mass is 14.8. The number of nitrogens with one attached hydrogen (secondary N) is 1. The topological polar surface area (TPSA) is 24.9 Å². The molecule has 2 aromatic rings. The minimum absolute atomic E-state index is 0.940. The first-order chi connectivity index (χ1) is 7.79. The molecule has 0 radical (unpaired) electrons. The van der Waals surface area contributed by atoms with E-state index in [2.05, 4.69) is 47.6 Å². The lowest BCUT2D eigenvalue weighted by Gasteiger charge is -2.06. The second-order valence-corrected chi connectivity index (χ2v) is 3.80. The molecule has 1 aromatic carbocycles. The van der Waals surface area contributed by atoms with Crippen molar-refractivity contribution in [2.24, 2.45) is 0 Å². The highest BCUT2D eigenvalue weighted by molar-refractivity contribution is 5.67. The van der Waals surface area contributed by atoms with Crippen molar-refractivity contribution in [2.45, 2.75) is 13.8 Å². The third kappa shape index (κ3) is 2.40. The fraction of sp³-hybridized carbons (Fsp3) is 0.214. The number of hydrogen-bond donors (Lipinski definition) is 1. The van der Waals surface area contributed by atoms with Gasteiger partial charge in [0.05, 0.1) is 0 Å². The van der Waals surface area contributed by atoms with Crippen molar-refractivity contribution in [3.8, 4) is 11.1 Å². The Balaban J connectivity index is 2.32. The van der Waals surface area contributed by atoms with E-state index in [0.29, 0.717) is 0 Å². The minimum Gasteiger partial charge on any atom is -0.385 e. The summed E-state index contributed by atoms with van der Waals surface area (Å²) in [5.74, 6) is 0. The van der Waals surface area contributed by atoms with E-state index in [1.807, 2.05) is 19.2 Å². The zero-order valence-corrected chi connectivity index (χ0v) is 9.70. The second kappa shape index (κ2) is 4.79. The van der Waals surface area contributed by atoms with Crippen LogP contribution in [-0.4, -0.2) is 11.5 Å². The lowest BCUT2D eigenvalue weighted by atomic mass is 10.1. The summed E-state index contributed by atoms with van der Waals surface area (Å²) in [6, 6.07) is 12.5. The Morgan fingerprint density at radius 1 is 1.12 bits per heavy atom. The average Bonchev–Trinajstić information content (AvgIpc) is 2.31. The summed E-state index contributed by atoms with van der Waals surface area (Å²) in [6.45, 7) is 5.04. The van der Waals surface area contributed by atoms with E-state index in [4.69, 9.17) is 0 Å². The molecule has 0 bridgehead atoms. The molecular formula is C14H16N2. The van der Waals surface area contributed by atoms with Crippen molar-refractivity contribution in [1.82, 2.24) is 4.98 Å². The van der Waals surface area contributed by atoms with Gasteiger partial charge in [-0.1, -0.05) is 18.2 Å². The Labute approximate surface area is 96.4 Å². The molecule has 0 unspecified atom stereocenters. The number of aromatic nitrogens is 1. The summed E-state index contributed by atoms with van der Waals surface area (Å²) in [4.78, 5) is 4.31. The van der Waals surface area contributed by atoms with E-state index >= 15 is 0 Å². The van der Waals surface area contributed by atoms with Gasteiger partial charge in [-0.05, 0) is 37.6 Å². The predicted molar refractivity (Wildman–Crippen MR) is 68.6 cm³/mol. The zero-order valence-electron chi connectivity index (χ0n) is 9.70. The maximum atomic E-state index is 4.31. The SMILES string of the molecule is CCNc1cccc(-c2ccc(C)nc2)c1. The number of hydrogen-bond acceptors (Lipinski definition) is 2. The van der Waals surface area contributed by atoms with Gasteiger partial charge in [0.25, 0.3) is 0 Å². The summed E-state index contributed by atoms with van der Waals surface area (Å²) in [6.07, 6.45) is 1.92. The van der Waals surface area contributed by atoms with Crippen molar-refractivity contribution < 1.29 is 0 Å². The Kier molecular flexibility index (Phi) is 3.20. The van der Waals surface area contributed by atoms with Crippen molar-refractivity contribution in [3.63, 3.8) is 0 Å². The molecule has 2 rings (SSSR count). The van der Waals surface area contributed by atoms with Crippen LogP contribution in [0.4, 0.5) is 5.69 Å². The number of rotatable bonds is 3. The highest BCUT2D eigenvalue weighted by Crippen LogP contribution is 2.21. The molecule has 0 aliphatic heterocycles. The number of anilines is 1. The summed E-state index contributed by atoms with van der Waals surface area (Å²) in [5.41, 5.74) is 4.56. The lowest BCUT2D eigenvalue weighted by molar-refractivity contribution is 1.20. The van der Waals surface area contributed by atoms with Gasteiger partial charge in [-0.25, -0.2) is 0 Å². The smallest absolute Gasteiger partial charge is 0.0373 e. The highest BCUT2D eigenvalue weighted by Gasteiger charge is 1.98. The lowest BCUT2D eigenvalue weighted by Crippen LogP contribution is -1.96. The molecule has 0 spiro atoms. The van der Waals surface area contributed by atoms with Crippen molar-refractivity contribution >= 4 is 5.69 Å². The van der Waals surface area contributed by atoms with Gasteiger partial charge in [-0.2, -0.15) is 0 Å². The molecule has 1 heterocycles. The molecule has 82 valence electrons. The van der Waals surface area contributed by atoms with E-state index in [0.717, 1.165) is 23.5 Å². The van der Waals surface area contributed by atoms with Crippen LogP contribution in [0.2, 0.25) is 0 Å². The van der Waals surface area contributed by atoms with Crippen LogP contribution >= 0.6 is 0 Å². The average molecular weight is 212 g/mol.